The molecule has 1 heterocycles. The quantitative estimate of drug-likeness (QED) is 0.791. The van der Waals surface area contributed by atoms with Gasteiger partial charge < -0.3 is 4.74 Å². The van der Waals surface area contributed by atoms with Crippen LogP contribution in [-0.4, -0.2) is 22.4 Å². The summed E-state index contributed by atoms with van der Waals surface area (Å²) in [7, 11) is 1.89. The number of aromatic nitrogens is 2. The van der Waals surface area contributed by atoms with Gasteiger partial charge in [-0.05, 0) is 30.5 Å². The monoisotopic (exact) mass is 258 g/mol. The largest absolute Gasteiger partial charge is 0.466 e. The number of carbonyl (C=O) groups is 1. The third kappa shape index (κ3) is 3.22. The Morgan fingerprint density at radius 1 is 1.37 bits per heavy atom. The van der Waals surface area contributed by atoms with Crippen LogP contribution in [0.1, 0.15) is 18.1 Å². The summed E-state index contributed by atoms with van der Waals surface area (Å²) in [4.78, 5) is 11.5. The van der Waals surface area contributed by atoms with Crippen molar-refractivity contribution in [1.82, 2.24) is 9.78 Å². The average Bonchev–Trinajstić information content (AvgIpc) is 2.79. The number of carbonyl (C=O) groups excluding carboxylic acids is 1. The molecule has 1 aromatic carbocycles. The van der Waals surface area contributed by atoms with Gasteiger partial charge in [-0.2, -0.15) is 5.10 Å². The summed E-state index contributed by atoms with van der Waals surface area (Å²) in [5.41, 5.74) is 4.28. The summed E-state index contributed by atoms with van der Waals surface area (Å²) >= 11 is 0. The van der Waals surface area contributed by atoms with Crippen LogP contribution in [0.25, 0.3) is 11.1 Å². The molecule has 19 heavy (non-hydrogen) atoms. The van der Waals surface area contributed by atoms with Crippen molar-refractivity contribution in [3.05, 3.63) is 41.7 Å². The van der Waals surface area contributed by atoms with Gasteiger partial charge in [0.2, 0.25) is 0 Å². The van der Waals surface area contributed by atoms with Crippen molar-refractivity contribution >= 4 is 5.97 Å². The molecule has 0 N–H and O–H groups in total. The molecule has 2 rings (SSSR count). The van der Waals surface area contributed by atoms with Gasteiger partial charge >= 0.3 is 5.97 Å². The zero-order chi connectivity index (χ0) is 13.8. The first-order valence-electron chi connectivity index (χ1n) is 6.34. The van der Waals surface area contributed by atoms with E-state index >= 15 is 0 Å². The molecule has 2 aromatic rings. The molecule has 0 amide bonds. The lowest BCUT2D eigenvalue weighted by Gasteiger charge is -2.07. The summed E-state index contributed by atoms with van der Waals surface area (Å²) < 4.78 is 6.74. The fourth-order valence-corrected chi connectivity index (χ4v) is 2.01. The average molecular weight is 258 g/mol. The first kappa shape index (κ1) is 13.3. The van der Waals surface area contributed by atoms with E-state index in [-0.39, 0.29) is 5.97 Å². The van der Waals surface area contributed by atoms with Gasteiger partial charge in [0.15, 0.2) is 0 Å². The minimum Gasteiger partial charge on any atom is -0.466 e. The molecule has 4 nitrogen and oxygen atoms in total. The molecule has 0 saturated carbocycles. The maximum atomic E-state index is 11.5. The maximum Gasteiger partial charge on any atom is 0.310 e. The Bertz CT molecular complexity index is 588. The Labute approximate surface area is 113 Å². The lowest BCUT2D eigenvalue weighted by molar-refractivity contribution is -0.142. The Morgan fingerprint density at radius 2 is 2.16 bits per heavy atom. The van der Waals surface area contributed by atoms with Crippen molar-refractivity contribution in [3.63, 3.8) is 0 Å². The number of esters is 1. The van der Waals surface area contributed by atoms with Gasteiger partial charge in [-0.25, -0.2) is 0 Å². The predicted octanol–water partition coefficient (Wildman–Crippen LogP) is 2.50. The fraction of sp³-hybridized carbons (Fsp3) is 0.333. The first-order chi connectivity index (χ1) is 9.10. The van der Waals surface area contributed by atoms with Crippen molar-refractivity contribution < 1.29 is 9.53 Å². The molecule has 0 saturated heterocycles. The zero-order valence-corrected chi connectivity index (χ0v) is 11.5. The number of rotatable bonds is 4. The lowest BCUT2D eigenvalue weighted by Crippen LogP contribution is -2.08. The number of ether oxygens (including phenoxy) is 1. The van der Waals surface area contributed by atoms with Gasteiger partial charge in [-0.3, -0.25) is 9.48 Å². The van der Waals surface area contributed by atoms with E-state index in [0.717, 1.165) is 22.3 Å². The standard InChI is InChI=1S/C15H18N2O2/c1-4-19-15(18)8-12-5-6-13(7-11(12)2)14-9-16-17(3)10-14/h5-7,9-10H,4,8H2,1-3H3. The number of hydrogen-bond donors (Lipinski definition) is 0. The lowest BCUT2D eigenvalue weighted by atomic mass is 10.00. The third-order valence-corrected chi connectivity index (χ3v) is 3.02. The number of nitrogens with zero attached hydrogens (tertiary/aromatic N) is 2. The summed E-state index contributed by atoms with van der Waals surface area (Å²) in [6, 6.07) is 6.07. The van der Waals surface area contributed by atoms with Crippen LogP contribution in [0.3, 0.4) is 0 Å². The normalized spacial score (nSPS) is 10.5. The van der Waals surface area contributed by atoms with Crippen molar-refractivity contribution in [3.8, 4) is 11.1 Å². The van der Waals surface area contributed by atoms with Gasteiger partial charge in [-0.15, -0.1) is 0 Å². The highest BCUT2D eigenvalue weighted by Crippen LogP contribution is 2.22. The zero-order valence-electron chi connectivity index (χ0n) is 11.5. The Morgan fingerprint density at radius 3 is 2.74 bits per heavy atom. The molecular formula is C15H18N2O2. The Hall–Kier alpha value is -2.10. The van der Waals surface area contributed by atoms with E-state index in [1.807, 2.05) is 45.4 Å². The molecule has 1 aromatic heterocycles. The number of hydrogen-bond acceptors (Lipinski definition) is 3. The topological polar surface area (TPSA) is 44.1 Å². The number of aryl methyl sites for hydroxylation is 2. The minimum absolute atomic E-state index is 0.181. The highest BCUT2D eigenvalue weighted by atomic mass is 16.5. The van der Waals surface area contributed by atoms with Crippen LogP contribution in [0.15, 0.2) is 30.6 Å². The molecule has 0 unspecified atom stereocenters. The second kappa shape index (κ2) is 5.69. The van der Waals surface area contributed by atoms with E-state index in [9.17, 15) is 4.79 Å². The van der Waals surface area contributed by atoms with E-state index in [0.29, 0.717) is 13.0 Å². The van der Waals surface area contributed by atoms with Gasteiger partial charge in [-0.1, -0.05) is 18.2 Å². The van der Waals surface area contributed by atoms with E-state index in [4.69, 9.17) is 4.74 Å². The maximum absolute atomic E-state index is 11.5. The first-order valence-corrected chi connectivity index (χ1v) is 6.34. The van der Waals surface area contributed by atoms with Crippen LogP contribution in [0, 0.1) is 6.92 Å². The minimum atomic E-state index is -0.181. The molecule has 0 radical (unpaired) electrons. The smallest absolute Gasteiger partial charge is 0.310 e. The van der Waals surface area contributed by atoms with Crippen LogP contribution in [0.2, 0.25) is 0 Å². The molecule has 0 spiro atoms. The molecule has 0 atom stereocenters. The predicted molar refractivity (Wildman–Crippen MR) is 73.7 cm³/mol. The molecule has 0 bridgehead atoms. The van der Waals surface area contributed by atoms with Gasteiger partial charge in [0.1, 0.15) is 0 Å². The van der Waals surface area contributed by atoms with Crippen molar-refractivity contribution in [2.24, 2.45) is 7.05 Å². The highest BCUT2D eigenvalue weighted by molar-refractivity contribution is 5.74. The molecule has 100 valence electrons. The second-order valence-electron chi connectivity index (χ2n) is 4.53. The fourth-order valence-electron chi connectivity index (χ4n) is 2.01. The molecule has 0 aliphatic rings. The van der Waals surface area contributed by atoms with Crippen LogP contribution in [0.5, 0.6) is 0 Å². The van der Waals surface area contributed by atoms with Crippen molar-refractivity contribution in [1.29, 1.82) is 0 Å². The highest BCUT2D eigenvalue weighted by Gasteiger charge is 2.08. The summed E-state index contributed by atoms with van der Waals surface area (Å²) in [5.74, 6) is -0.181. The van der Waals surface area contributed by atoms with Crippen LogP contribution >= 0.6 is 0 Å². The van der Waals surface area contributed by atoms with E-state index in [1.54, 1.807) is 4.68 Å². The van der Waals surface area contributed by atoms with Crippen molar-refractivity contribution in [2.45, 2.75) is 20.3 Å². The van der Waals surface area contributed by atoms with Gasteiger partial charge in [0.05, 0.1) is 19.2 Å². The summed E-state index contributed by atoms with van der Waals surface area (Å²) in [6.45, 7) is 4.25. The molecule has 0 aliphatic carbocycles. The molecule has 0 aliphatic heterocycles. The molecular weight excluding hydrogens is 240 g/mol. The Balaban J connectivity index is 2.20. The SMILES string of the molecule is CCOC(=O)Cc1ccc(-c2cnn(C)c2)cc1C. The van der Waals surface area contributed by atoms with Crippen LogP contribution < -0.4 is 0 Å². The molecule has 0 fully saturated rings. The third-order valence-electron chi connectivity index (χ3n) is 3.02. The van der Waals surface area contributed by atoms with Crippen LogP contribution in [-0.2, 0) is 23.0 Å². The van der Waals surface area contributed by atoms with Gasteiger partial charge in [0.25, 0.3) is 0 Å². The van der Waals surface area contributed by atoms with E-state index < -0.39 is 0 Å². The second-order valence-corrected chi connectivity index (χ2v) is 4.53. The Kier molecular flexibility index (Phi) is 4.00. The van der Waals surface area contributed by atoms with Crippen molar-refractivity contribution in [2.75, 3.05) is 6.61 Å². The van der Waals surface area contributed by atoms with E-state index in [2.05, 4.69) is 11.2 Å². The number of benzene rings is 1. The van der Waals surface area contributed by atoms with Crippen LogP contribution in [0.4, 0.5) is 0 Å². The van der Waals surface area contributed by atoms with E-state index in [1.165, 1.54) is 0 Å². The summed E-state index contributed by atoms with van der Waals surface area (Å²) in [5, 5.41) is 4.16. The van der Waals surface area contributed by atoms with Gasteiger partial charge in [0, 0.05) is 18.8 Å². The summed E-state index contributed by atoms with van der Waals surface area (Å²) in [6.07, 6.45) is 4.13. The molecule has 4 heteroatoms.